The minimum Gasteiger partial charge on any atom is -0.477 e. The molecule has 2 aromatic rings. The van der Waals surface area contributed by atoms with E-state index in [-0.39, 0.29) is 17.8 Å². The zero-order valence-corrected chi connectivity index (χ0v) is 10.2. The molecule has 0 aliphatic rings. The van der Waals surface area contributed by atoms with Crippen LogP contribution in [0, 0.1) is 0 Å². The van der Waals surface area contributed by atoms with Crippen LogP contribution >= 0.6 is 15.9 Å². The maximum absolute atomic E-state index is 11.6. The number of carbonyl (C=O) groups is 1. The van der Waals surface area contributed by atoms with Crippen LogP contribution in [0.15, 0.2) is 44.2 Å². The summed E-state index contributed by atoms with van der Waals surface area (Å²) in [6.45, 7) is 0.0902. The Morgan fingerprint density at radius 3 is 2.71 bits per heavy atom. The SMILES string of the molecule is O=C(O)c1cccc(=O)n1Cc1ccc(Br)o1. The zero-order chi connectivity index (χ0) is 12.4. The van der Waals surface area contributed by atoms with E-state index in [1.807, 2.05) is 0 Å². The first-order valence-corrected chi connectivity index (χ1v) is 5.54. The molecule has 1 N–H and O–H groups in total. The first-order valence-electron chi connectivity index (χ1n) is 4.75. The highest BCUT2D eigenvalue weighted by Gasteiger charge is 2.12. The lowest BCUT2D eigenvalue weighted by molar-refractivity contribution is 0.0683. The summed E-state index contributed by atoms with van der Waals surface area (Å²) >= 11 is 3.14. The van der Waals surface area contributed by atoms with Gasteiger partial charge in [0.1, 0.15) is 11.5 Å². The van der Waals surface area contributed by atoms with Gasteiger partial charge in [-0.1, -0.05) is 6.07 Å². The lowest BCUT2D eigenvalue weighted by Crippen LogP contribution is -2.25. The van der Waals surface area contributed by atoms with E-state index in [0.717, 1.165) is 4.57 Å². The van der Waals surface area contributed by atoms with Crippen molar-refractivity contribution in [3.8, 4) is 0 Å². The topological polar surface area (TPSA) is 72.4 Å². The second kappa shape index (κ2) is 4.58. The van der Waals surface area contributed by atoms with Crippen molar-refractivity contribution in [1.29, 1.82) is 0 Å². The second-order valence-corrected chi connectivity index (χ2v) is 4.13. The molecule has 0 aliphatic carbocycles. The highest BCUT2D eigenvalue weighted by Crippen LogP contribution is 2.15. The quantitative estimate of drug-likeness (QED) is 0.940. The third kappa shape index (κ3) is 2.47. The van der Waals surface area contributed by atoms with Gasteiger partial charge in [-0.25, -0.2) is 4.79 Å². The summed E-state index contributed by atoms with van der Waals surface area (Å²) in [6.07, 6.45) is 0. The minimum absolute atomic E-state index is 0.0648. The number of pyridine rings is 1. The van der Waals surface area contributed by atoms with Crippen LogP contribution in [0.2, 0.25) is 0 Å². The second-order valence-electron chi connectivity index (χ2n) is 3.35. The molecule has 0 fully saturated rings. The molecule has 0 aromatic carbocycles. The number of aromatic carboxylic acids is 1. The molecule has 5 nitrogen and oxygen atoms in total. The molecule has 6 heteroatoms. The first kappa shape index (κ1) is 11.7. The Hall–Kier alpha value is -1.82. The average Bonchev–Trinajstić information content (AvgIpc) is 2.67. The van der Waals surface area contributed by atoms with Crippen LogP contribution in [0.3, 0.4) is 0 Å². The van der Waals surface area contributed by atoms with Crippen LogP contribution in [-0.2, 0) is 6.54 Å². The van der Waals surface area contributed by atoms with Crippen LogP contribution in [0.4, 0.5) is 0 Å². The largest absolute Gasteiger partial charge is 0.477 e. The van der Waals surface area contributed by atoms with E-state index in [9.17, 15) is 9.59 Å². The molecule has 2 rings (SSSR count). The summed E-state index contributed by atoms with van der Waals surface area (Å²) in [5, 5.41) is 8.97. The summed E-state index contributed by atoms with van der Waals surface area (Å²) in [6, 6.07) is 7.46. The fourth-order valence-corrected chi connectivity index (χ4v) is 1.80. The van der Waals surface area contributed by atoms with Gasteiger partial charge in [-0.15, -0.1) is 0 Å². The van der Waals surface area contributed by atoms with Gasteiger partial charge < -0.3 is 9.52 Å². The number of rotatable bonds is 3. The smallest absolute Gasteiger partial charge is 0.352 e. The summed E-state index contributed by atoms with van der Waals surface area (Å²) in [4.78, 5) is 22.6. The van der Waals surface area contributed by atoms with Crippen LogP contribution in [0.1, 0.15) is 16.2 Å². The van der Waals surface area contributed by atoms with E-state index in [1.54, 1.807) is 12.1 Å². The summed E-state index contributed by atoms with van der Waals surface area (Å²) in [5.74, 6) is -0.638. The molecule has 0 unspecified atom stereocenters. The molecule has 88 valence electrons. The van der Waals surface area contributed by atoms with Crippen molar-refractivity contribution < 1.29 is 14.3 Å². The van der Waals surface area contributed by atoms with E-state index < -0.39 is 5.97 Å². The first-order chi connectivity index (χ1) is 8.08. The van der Waals surface area contributed by atoms with E-state index in [2.05, 4.69) is 15.9 Å². The van der Waals surface area contributed by atoms with Crippen molar-refractivity contribution in [2.24, 2.45) is 0 Å². The fraction of sp³-hybridized carbons (Fsp3) is 0.0909. The Labute approximate surface area is 104 Å². The van der Waals surface area contributed by atoms with Gasteiger partial charge in [-0.2, -0.15) is 0 Å². The highest BCUT2D eigenvalue weighted by molar-refractivity contribution is 9.10. The van der Waals surface area contributed by atoms with Crippen molar-refractivity contribution in [2.75, 3.05) is 0 Å². The summed E-state index contributed by atoms with van der Waals surface area (Å²) in [7, 11) is 0. The number of hydrogen-bond acceptors (Lipinski definition) is 3. The Bertz CT molecular complexity index is 614. The Morgan fingerprint density at radius 2 is 2.12 bits per heavy atom. The van der Waals surface area contributed by atoms with Crippen LogP contribution in [0.5, 0.6) is 0 Å². The third-order valence-corrected chi connectivity index (χ3v) is 2.64. The minimum atomic E-state index is -1.15. The number of aromatic nitrogens is 1. The van der Waals surface area contributed by atoms with Crippen molar-refractivity contribution in [1.82, 2.24) is 4.57 Å². The molecule has 0 spiro atoms. The summed E-state index contributed by atoms with van der Waals surface area (Å²) in [5.41, 5.74) is -0.442. The monoisotopic (exact) mass is 297 g/mol. The standard InChI is InChI=1S/C11H8BrNO4/c12-9-5-4-7(17-9)6-13-8(11(15)16)2-1-3-10(13)14/h1-5H,6H2,(H,15,16). The van der Waals surface area contributed by atoms with Gasteiger partial charge in [-0.05, 0) is 34.1 Å². The molecule has 0 aliphatic heterocycles. The molecule has 0 amide bonds. The van der Waals surface area contributed by atoms with Crippen LogP contribution in [-0.4, -0.2) is 15.6 Å². The van der Waals surface area contributed by atoms with Crippen LogP contribution < -0.4 is 5.56 Å². The van der Waals surface area contributed by atoms with Gasteiger partial charge in [-0.3, -0.25) is 9.36 Å². The van der Waals surface area contributed by atoms with Gasteiger partial charge in [0.25, 0.3) is 5.56 Å². The Kier molecular flexibility index (Phi) is 3.14. The maximum atomic E-state index is 11.6. The average molecular weight is 298 g/mol. The Balaban J connectivity index is 2.44. The van der Waals surface area contributed by atoms with Crippen molar-refractivity contribution in [3.05, 3.63) is 56.8 Å². The van der Waals surface area contributed by atoms with Crippen LogP contribution in [0.25, 0.3) is 0 Å². The third-order valence-electron chi connectivity index (χ3n) is 2.21. The fourth-order valence-electron chi connectivity index (χ4n) is 1.46. The van der Waals surface area contributed by atoms with E-state index in [1.165, 1.54) is 18.2 Å². The predicted octanol–water partition coefficient (Wildman–Crippen LogP) is 1.95. The number of furan rings is 1. The maximum Gasteiger partial charge on any atom is 0.352 e. The molecule has 2 aromatic heterocycles. The van der Waals surface area contributed by atoms with Gasteiger partial charge in [0.05, 0.1) is 6.54 Å². The molecule has 0 bridgehead atoms. The normalized spacial score (nSPS) is 10.4. The molecule has 0 saturated heterocycles. The summed E-state index contributed by atoms with van der Waals surface area (Å²) < 4.78 is 6.92. The van der Waals surface area contributed by atoms with Gasteiger partial charge in [0.15, 0.2) is 4.67 Å². The molecular weight excluding hydrogens is 290 g/mol. The molecular formula is C11H8BrNO4. The van der Waals surface area contributed by atoms with Crippen molar-refractivity contribution in [3.63, 3.8) is 0 Å². The molecule has 17 heavy (non-hydrogen) atoms. The number of hydrogen-bond donors (Lipinski definition) is 1. The number of nitrogens with zero attached hydrogens (tertiary/aromatic N) is 1. The molecule has 0 saturated carbocycles. The number of halogens is 1. The lowest BCUT2D eigenvalue weighted by Gasteiger charge is -2.07. The number of carboxylic acid groups (broad SMARTS) is 1. The van der Waals surface area contributed by atoms with E-state index >= 15 is 0 Å². The van der Waals surface area contributed by atoms with Gasteiger partial charge in [0, 0.05) is 6.07 Å². The van der Waals surface area contributed by atoms with Gasteiger partial charge >= 0.3 is 5.97 Å². The molecule has 0 atom stereocenters. The Morgan fingerprint density at radius 1 is 1.35 bits per heavy atom. The predicted molar refractivity (Wildman–Crippen MR) is 63.2 cm³/mol. The molecule has 0 radical (unpaired) electrons. The lowest BCUT2D eigenvalue weighted by atomic mass is 10.3. The zero-order valence-electron chi connectivity index (χ0n) is 8.59. The number of carboxylic acids is 1. The highest BCUT2D eigenvalue weighted by atomic mass is 79.9. The van der Waals surface area contributed by atoms with E-state index in [0.29, 0.717) is 10.4 Å². The molecule has 2 heterocycles. The van der Waals surface area contributed by atoms with E-state index in [4.69, 9.17) is 9.52 Å². The van der Waals surface area contributed by atoms with Crippen molar-refractivity contribution >= 4 is 21.9 Å². The van der Waals surface area contributed by atoms with Gasteiger partial charge in [0.2, 0.25) is 0 Å². The van der Waals surface area contributed by atoms with Crippen molar-refractivity contribution in [2.45, 2.75) is 6.54 Å².